The van der Waals surface area contributed by atoms with Crippen LogP contribution in [-0.2, 0) is 19.0 Å². The lowest BCUT2D eigenvalue weighted by Crippen LogP contribution is -2.60. The van der Waals surface area contributed by atoms with Crippen molar-refractivity contribution in [3.8, 4) is 5.75 Å². The normalized spacial score (nSPS) is 19.4. The van der Waals surface area contributed by atoms with Crippen molar-refractivity contribution in [2.45, 2.75) is 63.8 Å². The van der Waals surface area contributed by atoms with Crippen LogP contribution in [0.4, 0.5) is 0 Å². The van der Waals surface area contributed by atoms with Crippen molar-refractivity contribution in [2.75, 3.05) is 26.9 Å². The molecule has 1 atom stereocenters. The molecule has 0 radical (unpaired) electrons. The van der Waals surface area contributed by atoms with E-state index in [1.807, 2.05) is 45.2 Å². The molecule has 2 N–H and O–H groups in total. The van der Waals surface area contributed by atoms with Gasteiger partial charge in [0, 0.05) is 14.6 Å². The van der Waals surface area contributed by atoms with Crippen LogP contribution in [-0.4, -0.2) is 77.2 Å². The third kappa shape index (κ3) is 7.40. The number of likely N-dealkylation sites (tertiary alicyclic amines) is 1. The van der Waals surface area contributed by atoms with Gasteiger partial charge < -0.3 is 24.4 Å². The average Bonchev–Trinajstić information content (AvgIpc) is 2.69. The standard InChI is InChI=1S/C22H31I2NO7/c1-21(2)8-15(9-22(3,4)25(21)5)30-10-14(26)11-31-18(27)12-32-20(29)16-6-13(23)7-17(24)19(16)28/h6-7,14-15,26,28H,8-12H2,1-5H3. The molecule has 1 unspecified atom stereocenters. The fourth-order valence-corrected chi connectivity index (χ4v) is 5.69. The van der Waals surface area contributed by atoms with Crippen LogP contribution < -0.4 is 0 Å². The van der Waals surface area contributed by atoms with Crippen LogP contribution in [0.1, 0.15) is 50.9 Å². The number of nitrogens with zero attached hydrogens (tertiary/aromatic N) is 1. The first kappa shape index (κ1) is 27.5. The summed E-state index contributed by atoms with van der Waals surface area (Å²) < 4.78 is 17.1. The maximum atomic E-state index is 12.1. The second kappa shape index (κ2) is 11.2. The highest BCUT2D eigenvalue weighted by Gasteiger charge is 2.43. The number of carbonyl (C=O) groups excluding carboxylic acids is 2. The van der Waals surface area contributed by atoms with Gasteiger partial charge in [-0.3, -0.25) is 4.90 Å². The number of rotatable bonds is 8. The number of ether oxygens (including phenoxy) is 3. The molecule has 0 aliphatic carbocycles. The number of carbonyl (C=O) groups is 2. The van der Waals surface area contributed by atoms with Crippen LogP contribution in [0.25, 0.3) is 0 Å². The summed E-state index contributed by atoms with van der Waals surface area (Å²) >= 11 is 3.92. The monoisotopic (exact) mass is 675 g/mol. The smallest absolute Gasteiger partial charge is 0.344 e. The Morgan fingerprint density at radius 1 is 1.12 bits per heavy atom. The van der Waals surface area contributed by atoms with Gasteiger partial charge in [-0.2, -0.15) is 0 Å². The van der Waals surface area contributed by atoms with Gasteiger partial charge in [0.15, 0.2) is 6.61 Å². The van der Waals surface area contributed by atoms with Gasteiger partial charge >= 0.3 is 11.9 Å². The molecule has 180 valence electrons. The summed E-state index contributed by atoms with van der Waals surface area (Å²) in [7, 11) is 2.11. The van der Waals surface area contributed by atoms with Crippen molar-refractivity contribution < 1.29 is 34.0 Å². The third-order valence-corrected chi connectivity index (χ3v) is 7.25. The number of aliphatic hydroxyl groups is 1. The number of esters is 2. The zero-order valence-corrected chi connectivity index (χ0v) is 23.3. The molecule has 32 heavy (non-hydrogen) atoms. The first-order valence-corrected chi connectivity index (χ1v) is 12.4. The molecule has 8 nitrogen and oxygen atoms in total. The number of hydrogen-bond acceptors (Lipinski definition) is 8. The van der Waals surface area contributed by atoms with Gasteiger partial charge in [-0.05, 0) is 105 Å². The van der Waals surface area contributed by atoms with E-state index in [-0.39, 0.29) is 41.7 Å². The van der Waals surface area contributed by atoms with Gasteiger partial charge in [0.05, 0.1) is 16.3 Å². The maximum absolute atomic E-state index is 12.1. The Hall–Kier alpha value is -0.700. The van der Waals surface area contributed by atoms with E-state index in [0.717, 1.165) is 16.4 Å². The molecule has 1 fully saturated rings. The maximum Gasteiger partial charge on any atom is 0.344 e. The molecule has 2 rings (SSSR count). The van der Waals surface area contributed by atoms with E-state index in [0.29, 0.717) is 3.57 Å². The van der Waals surface area contributed by atoms with E-state index < -0.39 is 24.6 Å². The van der Waals surface area contributed by atoms with Crippen molar-refractivity contribution in [3.63, 3.8) is 0 Å². The molecule has 1 aromatic rings. The Morgan fingerprint density at radius 2 is 1.72 bits per heavy atom. The van der Waals surface area contributed by atoms with E-state index in [1.165, 1.54) is 6.07 Å². The van der Waals surface area contributed by atoms with Crippen molar-refractivity contribution in [1.82, 2.24) is 4.90 Å². The minimum absolute atomic E-state index is 0.00773. The number of aliphatic hydroxyl groups excluding tert-OH is 1. The summed E-state index contributed by atoms with van der Waals surface area (Å²) in [5.74, 6) is -1.82. The van der Waals surface area contributed by atoms with Gasteiger partial charge in [-0.25, -0.2) is 9.59 Å². The number of phenolic OH excluding ortho intramolecular Hbond substituents is 1. The highest BCUT2D eigenvalue weighted by atomic mass is 127. The van der Waals surface area contributed by atoms with Gasteiger partial charge in [0.25, 0.3) is 0 Å². The summed E-state index contributed by atoms with van der Waals surface area (Å²) in [6, 6.07) is 3.18. The molecule has 0 amide bonds. The molecule has 0 bridgehead atoms. The topological polar surface area (TPSA) is 106 Å². The lowest BCUT2D eigenvalue weighted by molar-refractivity contribution is -0.153. The highest BCUT2D eigenvalue weighted by Crippen LogP contribution is 2.38. The van der Waals surface area contributed by atoms with E-state index in [9.17, 15) is 19.8 Å². The molecule has 1 heterocycles. The molecular weight excluding hydrogens is 644 g/mol. The Morgan fingerprint density at radius 3 is 2.31 bits per heavy atom. The summed E-state index contributed by atoms with van der Waals surface area (Å²) in [6.45, 7) is 7.83. The van der Waals surface area contributed by atoms with Gasteiger partial charge in [-0.15, -0.1) is 0 Å². The molecular formula is C22H31I2NO7. The second-order valence-electron chi connectivity index (χ2n) is 9.24. The first-order valence-electron chi connectivity index (χ1n) is 10.3. The zero-order chi connectivity index (χ0) is 24.3. The zero-order valence-electron chi connectivity index (χ0n) is 19.0. The summed E-state index contributed by atoms with van der Waals surface area (Å²) in [4.78, 5) is 26.4. The Labute approximate surface area is 216 Å². The third-order valence-electron chi connectivity index (χ3n) is 5.80. The number of aromatic hydroxyl groups is 1. The van der Waals surface area contributed by atoms with Crippen LogP contribution in [0.3, 0.4) is 0 Å². The van der Waals surface area contributed by atoms with Crippen molar-refractivity contribution in [3.05, 3.63) is 24.8 Å². The fraction of sp³-hybridized carbons (Fsp3) is 0.636. The van der Waals surface area contributed by atoms with Gasteiger partial charge in [0.1, 0.15) is 24.0 Å². The van der Waals surface area contributed by atoms with Gasteiger partial charge in [0.2, 0.25) is 0 Å². The lowest BCUT2D eigenvalue weighted by Gasteiger charge is -2.53. The Balaban J connectivity index is 1.75. The van der Waals surface area contributed by atoms with Crippen molar-refractivity contribution in [1.29, 1.82) is 0 Å². The van der Waals surface area contributed by atoms with Crippen LogP contribution in [0.15, 0.2) is 12.1 Å². The minimum Gasteiger partial charge on any atom is -0.506 e. The average molecular weight is 675 g/mol. The molecule has 1 aliphatic rings. The molecule has 0 saturated carbocycles. The summed E-state index contributed by atoms with van der Waals surface area (Å²) in [5.41, 5.74) is -0.0832. The quantitative estimate of drug-likeness (QED) is 0.320. The van der Waals surface area contributed by atoms with E-state index >= 15 is 0 Å². The molecule has 0 aromatic heterocycles. The molecule has 1 aromatic carbocycles. The summed E-state index contributed by atoms with van der Waals surface area (Å²) in [5, 5.41) is 20.1. The number of phenols is 1. The van der Waals surface area contributed by atoms with Crippen LogP contribution in [0.5, 0.6) is 5.75 Å². The second-order valence-corrected chi connectivity index (χ2v) is 11.7. The summed E-state index contributed by atoms with van der Waals surface area (Å²) in [6.07, 6.45) is 0.674. The van der Waals surface area contributed by atoms with Crippen LogP contribution in [0, 0.1) is 7.14 Å². The van der Waals surface area contributed by atoms with E-state index in [2.05, 4.69) is 39.6 Å². The molecule has 1 aliphatic heterocycles. The number of piperidine rings is 1. The fourth-order valence-electron chi connectivity index (χ4n) is 3.85. The van der Waals surface area contributed by atoms with Gasteiger partial charge in [-0.1, -0.05) is 0 Å². The SMILES string of the molecule is CN1C(C)(C)CC(OCC(O)COC(=O)COC(=O)c2cc(I)cc(I)c2O)CC1(C)C. The highest BCUT2D eigenvalue weighted by molar-refractivity contribution is 14.1. The predicted octanol–water partition coefficient (Wildman–Crippen LogP) is 3.33. The van der Waals surface area contributed by atoms with Crippen molar-refractivity contribution in [2.24, 2.45) is 0 Å². The number of benzene rings is 1. The van der Waals surface area contributed by atoms with Crippen molar-refractivity contribution >= 4 is 57.1 Å². The molecule has 0 spiro atoms. The minimum atomic E-state index is -0.984. The van der Waals surface area contributed by atoms with Crippen LogP contribution in [0.2, 0.25) is 0 Å². The van der Waals surface area contributed by atoms with E-state index in [4.69, 9.17) is 14.2 Å². The Kier molecular flexibility index (Phi) is 9.60. The largest absolute Gasteiger partial charge is 0.506 e. The first-order chi connectivity index (χ1) is 14.7. The molecule has 1 saturated heterocycles. The Bertz CT molecular complexity index is 826. The number of hydrogen-bond donors (Lipinski definition) is 2. The predicted molar refractivity (Wildman–Crippen MR) is 136 cm³/mol. The van der Waals surface area contributed by atoms with Crippen LogP contribution >= 0.6 is 45.2 Å². The lowest BCUT2D eigenvalue weighted by atomic mass is 9.79. The number of halogens is 2. The van der Waals surface area contributed by atoms with E-state index in [1.54, 1.807) is 6.07 Å². The molecule has 10 heteroatoms.